The van der Waals surface area contributed by atoms with Crippen molar-refractivity contribution in [3.05, 3.63) is 47.2 Å². The van der Waals surface area contributed by atoms with E-state index in [9.17, 15) is 9.59 Å². The Balaban J connectivity index is 1.34. The van der Waals surface area contributed by atoms with Crippen LogP contribution in [0.4, 0.5) is 16.6 Å². The summed E-state index contributed by atoms with van der Waals surface area (Å²) in [5.74, 6) is 1.37. The Bertz CT molecular complexity index is 981. The molecule has 0 unspecified atom stereocenters. The van der Waals surface area contributed by atoms with Gasteiger partial charge in [0.15, 0.2) is 0 Å². The van der Waals surface area contributed by atoms with E-state index < -0.39 is 0 Å². The number of amides is 1. The van der Waals surface area contributed by atoms with Crippen molar-refractivity contribution in [3.8, 4) is 0 Å². The molecule has 10 heteroatoms. The molecule has 0 spiro atoms. The molecule has 2 aliphatic rings. The quantitative estimate of drug-likeness (QED) is 0.435. The minimum Gasteiger partial charge on any atom is -0.444 e. The van der Waals surface area contributed by atoms with Crippen LogP contribution in [0.25, 0.3) is 0 Å². The van der Waals surface area contributed by atoms with Gasteiger partial charge in [-0.05, 0) is 24.0 Å². The number of anilines is 2. The van der Waals surface area contributed by atoms with E-state index in [1.807, 2.05) is 20.8 Å². The van der Waals surface area contributed by atoms with Gasteiger partial charge in [0.05, 0.1) is 30.5 Å². The van der Waals surface area contributed by atoms with Gasteiger partial charge in [-0.3, -0.25) is 4.90 Å². The first kappa shape index (κ1) is 23.2. The van der Waals surface area contributed by atoms with Crippen molar-refractivity contribution < 1.29 is 19.1 Å². The smallest absolute Gasteiger partial charge is 0.415 e. The van der Waals surface area contributed by atoms with Gasteiger partial charge in [-0.25, -0.2) is 9.78 Å². The second-order valence-electron chi connectivity index (χ2n) is 9.03. The maximum absolute atomic E-state index is 12.2. The first-order valence-electron chi connectivity index (χ1n) is 11.4. The van der Waals surface area contributed by atoms with E-state index >= 15 is 0 Å². The van der Waals surface area contributed by atoms with Gasteiger partial charge in [-0.2, -0.15) is 4.98 Å². The molecule has 2 aromatic rings. The van der Waals surface area contributed by atoms with Crippen LogP contribution in [0.2, 0.25) is 0 Å². The summed E-state index contributed by atoms with van der Waals surface area (Å²) < 4.78 is 11.1. The average molecular weight is 451 g/mol. The molecule has 2 aliphatic heterocycles. The molecule has 33 heavy (non-hydrogen) atoms. The molecule has 4 rings (SSSR count). The monoisotopic (exact) mass is 451 g/mol. The minimum absolute atomic E-state index is 0.0179. The van der Waals surface area contributed by atoms with Crippen LogP contribution < -0.4 is 10.2 Å². The molecular formula is C23H30BN5O4. The largest absolute Gasteiger partial charge is 0.444 e. The summed E-state index contributed by atoms with van der Waals surface area (Å²) in [5, 5.41) is 3.34. The summed E-state index contributed by atoms with van der Waals surface area (Å²) in [6, 6.07) is 8.23. The summed E-state index contributed by atoms with van der Waals surface area (Å²) in [7, 11) is 0.479. The number of cyclic esters (lactones) is 1. The highest BCUT2D eigenvalue weighted by atomic mass is 16.6. The fourth-order valence-corrected chi connectivity index (χ4v) is 3.91. The van der Waals surface area contributed by atoms with Crippen LogP contribution in [-0.2, 0) is 27.5 Å². The number of carbonyl (C=O) groups is 2. The van der Waals surface area contributed by atoms with Gasteiger partial charge >= 0.3 is 6.09 Å². The zero-order valence-corrected chi connectivity index (χ0v) is 19.4. The second kappa shape index (κ2) is 10.3. The van der Waals surface area contributed by atoms with Gasteiger partial charge in [0.25, 0.3) is 7.41 Å². The summed E-state index contributed by atoms with van der Waals surface area (Å²) in [6.07, 6.45) is 2.47. The molecule has 1 N–H and O–H groups in total. The number of benzene rings is 1. The average Bonchev–Trinajstić information content (AvgIpc) is 2.77. The molecule has 0 radical (unpaired) electrons. The van der Waals surface area contributed by atoms with Crippen molar-refractivity contribution in [2.75, 3.05) is 29.9 Å². The number of hydrogen-bond acceptors (Lipinski definition) is 8. The lowest BCUT2D eigenvalue weighted by Gasteiger charge is -2.37. The highest BCUT2D eigenvalue weighted by Crippen LogP contribution is 2.27. The summed E-state index contributed by atoms with van der Waals surface area (Å²) in [6.45, 7) is 9.05. The van der Waals surface area contributed by atoms with Gasteiger partial charge in [0.2, 0.25) is 5.95 Å². The van der Waals surface area contributed by atoms with Crippen LogP contribution in [0.5, 0.6) is 0 Å². The third-order valence-electron chi connectivity index (χ3n) is 5.78. The predicted molar refractivity (Wildman–Crippen MR) is 127 cm³/mol. The molecular weight excluding hydrogens is 421 g/mol. The Morgan fingerprint density at radius 1 is 1.27 bits per heavy atom. The lowest BCUT2D eigenvalue weighted by molar-refractivity contribution is -0.0300. The Morgan fingerprint density at radius 2 is 2.03 bits per heavy atom. The van der Waals surface area contributed by atoms with Gasteiger partial charge in [0.1, 0.15) is 12.4 Å². The second-order valence-corrected chi connectivity index (χ2v) is 9.03. The Labute approximate surface area is 194 Å². The van der Waals surface area contributed by atoms with Gasteiger partial charge < -0.3 is 24.4 Å². The highest BCUT2D eigenvalue weighted by molar-refractivity contribution is 6.64. The van der Waals surface area contributed by atoms with E-state index in [4.69, 9.17) is 9.47 Å². The molecule has 174 valence electrons. The normalized spacial score (nSPS) is 17.2. The van der Waals surface area contributed by atoms with Crippen LogP contribution in [0.3, 0.4) is 0 Å². The van der Waals surface area contributed by atoms with E-state index in [-0.39, 0.29) is 30.8 Å². The van der Waals surface area contributed by atoms with Crippen LogP contribution in [0.1, 0.15) is 43.5 Å². The standard InChI is InChI=1S/C23H30BN5O4/c1-15(2)9-29-21-19(13-33-23(29)31)8-25-22(27-21)26-16(3)18-6-4-17(5-7-18)12-32-20-10-28(11-20)24-14-30/h4-8,14-16,20,24H,9-13H2,1-3H3,(H,25,26,27)/t16-/m0/s1. The molecule has 0 aliphatic carbocycles. The Kier molecular flexibility index (Phi) is 7.24. The lowest BCUT2D eigenvalue weighted by Crippen LogP contribution is -2.53. The maximum atomic E-state index is 12.2. The predicted octanol–water partition coefficient (Wildman–Crippen LogP) is 2.50. The van der Waals surface area contributed by atoms with Crippen LogP contribution in [-0.4, -0.2) is 60.2 Å². The van der Waals surface area contributed by atoms with E-state index in [1.165, 1.54) is 0 Å². The van der Waals surface area contributed by atoms with Crippen LogP contribution >= 0.6 is 0 Å². The summed E-state index contributed by atoms with van der Waals surface area (Å²) in [5.41, 5.74) is 3.01. The number of rotatable bonds is 10. The highest BCUT2D eigenvalue weighted by Gasteiger charge is 2.29. The molecule has 3 heterocycles. The van der Waals surface area contributed by atoms with Crippen molar-refractivity contribution in [1.29, 1.82) is 0 Å². The zero-order chi connectivity index (χ0) is 23.4. The summed E-state index contributed by atoms with van der Waals surface area (Å²) in [4.78, 5) is 35.4. The number of nitrogens with one attached hydrogen (secondary N) is 1. The zero-order valence-electron chi connectivity index (χ0n) is 19.4. The molecule has 0 saturated carbocycles. The molecule has 1 fully saturated rings. The van der Waals surface area contributed by atoms with Gasteiger partial charge in [0, 0.05) is 25.8 Å². The SMILES string of the molecule is CC(C)CN1C(=O)OCc2cnc(N[C@@H](C)c3ccc(COC4CN(BC=O)C4)cc3)nc21. The number of carbonyl (C=O) groups excluding carboxylic acids is 2. The Hall–Kier alpha value is -2.98. The number of hydrogen-bond donors (Lipinski definition) is 1. The van der Waals surface area contributed by atoms with Crippen molar-refractivity contribution in [2.45, 2.75) is 46.1 Å². The lowest BCUT2D eigenvalue weighted by atomic mass is 9.89. The molecule has 1 aromatic carbocycles. The first-order chi connectivity index (χ1) is 15.9. The maximum Gasteiger partial charge on any atom is 0.415 e. The topological polar surface area (TPSA) is 96.9 Å². The van der Waals surface area contributed by atoms with Gasteiger partial charge in [-0.15, -0.1) is 0 Å². The first-order valence-corrected chi connectivity index (χ1v) is 11.4. The van der Waals surface area contributed by atoms with Crippen LogP contribution in [0, 0.1) is 5.92 Å². The number of ether oxygens (including phenoxy) is 2. The molecule has 1 amide bonds. The van der Waals surface area contributed by atoms with E-state index in [0.717, 1.165) is 36.0 Å². The van der Waals surface area contributed by atoms with Gasteiger partial charge in [-0.1, -0.05) is 38.1 Å². The summed E-state index contributed by atoms with van der Waals surface area (Å²) >= 11 is 0. The van der Waals surface area contributed by atoms with E-state index in [2.05, 4.69) is 44.4 Å². The molecule has 1 atom stereocenters. The van der Waals surface area contributed by atoms with Crippen LogP contribution in [0.15, 0.2) is 30.5 Å². The molecule has 0 bridgehead atoms. The molecule has 1 aromatic heterocycles. The number of nitrogens with zero attached hydrogens (tertiary/aromatic N) is 4. The van der Waals surface area contributed by atoms with Crippen molar-refractivity contribution >= 4 is 31.5 Å². The minimum atomic E-state index is -0.370. The van der Waals surface area contributed by atoms with Crippen molar-refractivity contribution in [2.24, 2.45) is 5.92 Å². The Morgan fingerprint density at radius 3 is 2.73 bits per heavy atom. The van der Waals surface area contributed by atoms with Crippen molar-refractivity contribution in [3.63, 3.8) is 0 Å². The number of fused-ring (bicyclic) bond motifs is 1. The third kappa shape index (κ3) is 5.69. The van der Waals surface area contributed by atoms with E-state index in [1.54, 1.807) is 11.1 Å². The fraction of sp³-hybridized carbons (Fsp3) is 0.478. The number of aromatic nitrogens is 2. The molecule has 9 nitrogen and oxygen atoms in total. The molecule has 1 saturated heterocycles. The fourth-order valence-electron chi connectivity index (χ4n) is 3.91. The van der Waals surface area contributed by atoms with E-state index in [0.29, 0.717) is 32.3 Å². The third-order valence-corrected chi connectivity index (χ3v) is 5.78. The van der Waals surface area contributed by atoms with Crippen molar-refractivity contribution in [1.82, 2.24) is 14.8 Å².